The number of benzene rings is 2. The summed E-state index contributed by atoms with van der Waals surface area (Å²) in [5.41, 5.74) is -1.41. The van der Waals surface area contributed by atoms with Gasteiger partial charge in [-0.1, -0.05) is 50.2 Å². The molecule has 8 rings (SSSR count). The molecule has 2 aromatic rings. The van der Waals surface area contributed by atoms with Gasteiger partial charge < -0.3 is 29.2 Å². The molecule has 0 amide bonds. The lowest BCUT2D eigenvalue weighted by Crippen LogP contribution is -2.74. The molecule has 6 aliphatic rings. The molecule has 0 spiro atoms. The molecule has 46 heavy (non-hydrogen) atoms. The van der Waals surface area contributed by atoms with Crippen molar-refractivity contribution in [3.8, 4) is 0 Å². The van der Waals surface area contributed by atoms with Crippen molar-refractivity contribution in [1.82, 2.24) is 0 Å². The highest BCUT2D eigenvalue weighted by Gasteiger charge is 2.82. The van der Waals surface area contributed by atoms with Crippen molar-refractivity contribution in [2.75, 3.05) is 6.61 Å². The van der Waals surface area contributed by atoms with Crippen molar-refractivity contribution < 1.29 is 43.5 Å². The second kappa shape index (κ2) is 10.5. The van der Waals surface area contributed by atoms with Gasteiger partial charge in [0.2, 0.25) is 0 Å². The van der Waals surface area contributed by atoms with Gasteiger partial charge in [0, 0.05) is 23.3 Å². The van der Waals surface area contributed by atoms with Crippen LogP contribution in [0.1, 0.15) is 66.7 Å². The number of aliphatic hydroxyl groups excluding tert-OH is 1. The Kier molecular flexibility index (Phi) is 6.81. The smallest absolute Gasteiger partial charge is 0.338 e. The van der Waals surface area contributed by atoms with Gasteiger partial charge in [-0.15, -0.1) is 0 Å². The molecule has 0 aromatic heterocycles. The van der Waals surface area contributed by atoms with Crippen LogP contribution in [-0.4, -0.2) is 70.8 Å². The molecule has 0 radical (unpaired) electrons. The Bertz CT molecular complexity index is 1590. The largest absolute Gasteiger partial charge is 0.459 e. The van der Waals surface area contributed by atoms with Crippen LogP contribution >= 0.6 is 0 Å². The summed E-state index contributed by atoms with van der Waals surface area (Å²) in [6, 6.07) is 17.7. The Morgan fingerprint density at radius 1 is 0.891 bits per heavy atom. The summed E-state index contributed by atoms with van der Waals surface area (Å²) in [5.74, 6) is -2.50. The van der Waals surface area contributed by atoms with Gasteiger partial charge in [-0.3, -0.25) is 0 Å². The molecule has 2 N–H and O–H groups in total. The molecule has 0 unspecified atom stereocenters. The van der Waals surface area contributed by atoms with E-state index in [1.807, 2.05) is 31.2 Å². The molecule has 9 heteroatoms. The number of carbonyl (C=O) groups excluding carboxylic acids is 3. The fraction of sp³-hybridized carbons (Fsp3) is 0.541. The minimum absolute atomic E-state index is 0.0392. The minimum atomic E-state index is -1.42. The van der Waals surface area contributed by atoms with E-state index in [0.717, 1.165) is 5.57 Å². The molecule has 4 aliphatic carbocycles. The summed E-state index contributed by atoms with van der Waals surface area (Å²) in [4.78, 5) is 38.8. The first-order chi connectivity index (χ1) is 22.1. The fourth-order valence-corrected chi connectivity index (χ4v) is 10.7. The van der Waals surface area contributed by atoms with Crippen LogP contribution in [0.5, 0.6) is 0 Å². The van der Waals surface area contributed by atoms with Crippen LogP contribution in [0.25, 0.3) is 0 Å². The van der Waals surface area contributed by atoms with E-state index in [9.17, 15) is 24.6 Å². The summed E-state index contributed by atoms with van der Waals surface area (Å²) in [7, 11) is 0. The third-order valence-corrected chi connectivity index (χ3v) is 12.9. The predicted octanol–water partition coefficient (Wildman–Crippen LogP) is 4.26. The highest BCUT2D eigenvalue weighted by Crippen LogP contribution is 2.73. The molecule has 9 nitrogen and oxygen atoms in total. The zero-order chi connectivity index (χ0) is 32.0. The Balaban J connectivity index is 1.17. The Hall–Kier alpha value is -3.53. The van der Waals surface area contributed by atoms with E-state index < -0.39 is 64.4 Å². The highest BCUT2D eigenvalue weighted by atomic mass is 16.6. The van der Waals surface area contributed by atoms with Crippen molar-refractivity contribution in [3.05, 3.63) is 83.4 Å². The Morgan fingerprint density at radius 2 is 1.54 bits per heavy atom. The summed E-state index contributed by atoms with van der Waals surface area (Å²) < 4.78 is 24.4. The second-order valence-corrected chi connectivity index (χ2v) is 14.7. The highest BCUT2D eigenvalue weighted by molar-refractivity contribution is 5.90. The Labute approximate surface area is 267 Å². The number of carbonyl (C=O) groups is 3. The van der Waals surface area contributed by atoms with Crippen LogP contribution in [-0.2, 0) is 23.7 Å². The molecule has 242 valence electrons. The van der Waals surface area contributed by atoms with Crippen molar-refractivity contribution in [1.29, 1.82) is 0 Å². The molecule has 2 aromatic carbocycles. The molecule has 0 bridgehead atoms. The molecule has 2 aliphatic heterocycles. The maximum atomic E-state index is 13.7. The maximum Gasteiger partial charge on any atom is 0.338 e. The number of ether oxygens (including phenoxy) is 4. The lowest BCUT2D eigenvalue weighted by molar-refractivity contribution is -0.276. The van der Waals surface area contributed by atoms with Gasteiger partial charge in [-0.2, -0.15) is 0 Å². The molecule has 5 fully saturated rings. The monoisotopic (exact) mass is 628 g/mol. The van der Waals surface area contributed by atoms with E-state index in [2.05, 4.69) is 6.92 Å². The molecule has 4 saturated carbocycles. The van der Waals surface area contributed by atoms with Crippen LogP contribution in [0.2, 0.25) is 0 Å². The van der Waals surface area contributed by atoms with Gasteiger partial charge in [0.25, 0.3) is 0 Å². The van der Waals surface area contributed by atoms with Crippen LogP contribution in [0.3, 0.4) is 0 Å². The number of rotatable bonds is 5. The number of fused-ring (bicyclic) bond motifs is 2. The van der Waals surface area contributed by atoms with Gasteiger partial charge in [-0.25, -0.2) is 14.4 Å². The van der Waals surface area contributed by atoms with Crippen LogP contribution in [0.4, 0.5) is 0 Å². The summed E-state index contributed by atoms with van der Waals surface area (Å²) in [6.07, 6.45) is 1.08. The molecule has 2 heterocycles. The molecule has 1 saturated heterocycles. The molecular weight excluding hydrogens is 588 g/mol. The van der Waals surface area contributed by atoms with E-state index in [0.29, 0.717) is 43.2 Å². The average Bonchev–Trinajstić information content (AvgIpc) is 3.68. The van der Waals surface area contributed by atoms with Crippen LogP contribution in [0, 0.1) is 34.5 Å². The maximum absolute atomic E-state index is 13.7. The second-order valence-electron chi connectivity index (χ2n) is 14.7. The summed E-state index contributed by atoms with van der Waals surface area (Å²) >= 11 is 0. The Morgan fingerprint density at radius 3 is 2.17 bits per heavy atom. The number of hydrogen-bond donors (Lipinski definition) is 2. The molecule has 12 atom stereocenters. The van der Waals surface area contributed by atoms with E-state index in [4.69, 9.17) is 18.9 Å². The summed E-state index contributed by atoms with van der Waals surface area (Å²) in [5, 5.41) is 25.5. The standard InChI is InChI=1S/C37H40O9/c1-35-14-13-24(44-33(40)20-9-5-3-6-10-20)16-23(35)17-26-29-30(35)31(46-34(41)21-11-7-4-8-12-21)32(39)36(2)25(22-15-28(38)43-19-22)18-27(45-26)37(29,36)42/h3-12,15,23-27,29-32,39,42H,13-14,16-19H2,1-2H3/t23-,24+,25-,26+,27-,29+,30+,31+,32-,35+,36-,37-/m1/s1. The quantitative estimate of drug-likeness (QED) is 0.369. The first-order valence-corrected chi connectivity index (χ1v) is 16.5. The van der Waals surface area contributed by atoms with Crippen molar-refractivity contribution in [2.45, 2.75) is 82.1 Å². The summed E-state index contributed by atoms with van der Waals surface area (Å²) in [6.45, 7) is 4.15. The average molecular weight is 629 g/mol. The lowest BCUT2D eigenvalue weighted by atomic mass is 9.41. The first-order valence-electron chi connectivity index (χ1n) is 16.5. The predicted molar refractivity (Wildman–Crippen MR) is 163 cm³/mol. The normalized spacial score (nSPS) is 43.6. The number of esters is 3. The van der Waals surface area contributed by atoms with Gasteiger partial charge in [-0.05, 0) is 79.2 Å². The van der Waals surface area contributed by atoms with E-state index in [-0.39, 0.29) is 30.7 Å². The lowest BCUT2D eigenvalue weighted by Gasteiger charge is -2.65. The van der Waals surface area contributed by atoms with E-state index in [1.165, 1.54) is 6.08 Å². The first kappa shape index (κ1) is 29.8. The zero-order valence-electron chi connectivity index (χ0n) is 26.0. The number of hydrogen-bond acceptors (Lipinski definition) is 9. The third kappa shape index (κ3) is 4.07. The van der Waals surface area contributed by atoms with Gasteiger partial charge >= 0.3 is 17.9 Å². The number of aliphatic hydroxyl groups is 2. The van der Waals surface area contributed by atoms with Gasteiger partial charge in [0.15, 0.2) is 0 Å². The fourth-order valence-electron chi connectivity index (χ4n) is 10.7. The van der Waals surface area contributed by atoms with Gasteiger partial charge in [0.1, 0.15) is 30.5 Å². The third-order valence-electron chi connectivity index (χ3n) is 12.9. The van der Waals surface area contributed by atoms with Gasteiger partial charge in [0.05, 0.1) is 23.3 Å². The van der Waals surface area contributed by atoms with Crippen LogP contribution < -0.4 is 0 Å². The minimum Gasteiger partial charge on any atom is -0.459 e. The van der Waals surface area contributed by atoms with Crippen LogP contribution in [0.15, 0.2) is 72.3 Å². The zero-order valence-corrected chi connectivity index (χ0v) is 26.0. The SMILES string of the molecule is C[C@]12CC[C@H](OC(=O)c3ccccc3)C[C@@H]1C[C@@H]1O[C@@H]3C[C@H](C4=CC(=O)OC4)[C@]4(C)[C@H](O)[C@@H](OC(=O)c5ccccc5)[C@@H]2[C@H]1[C@]34O. The van der Waals surface area contributed by atoms with Crippen molar-refractivity contribution in [3.63, 3.8) is 0 Å². The topological polar surface area (TPSA) is 129 Å². The molecular formula is C37H40O9. The van der Waals surface area contributed by atoms with E-state index >= 15 is 0 Å². The van der Waals surface area contributed by atoms with E-state index in [1.54, 1.807) is 36.4 Å². The van der Waals surface area contributed by atoms with Crippen molar-refractivity contribution >= 4 is 17.9 Å². The van der Waals surface area contributed by atoms with Crippen molar-refractivity contribution in [2.24, 2.45) is 34.5 Å². The number of cyclic esters (lactones) is 1.